The van der Waals surface area contributed by atoms with Crippen LogP contribution in [0.5, 0.6) is 6.01 Å². The molecule has 3 aromatic rings. The van der Waals surface area contributed by atoms with Crippen molar-refractivity contribution in [1.82, 2.24) is 19.3 Å². The molecule has 1 fully saturated rings. The largest absolute Gasteiger partial charge is 0.462 e. The van der Waals surface area contributed by atoms with Gasteiger partial charge in [-0.2, -0.15) is 27.4 Å². The summed E-state index contributed by atoms with van der Waals surface area (Å²) in [7, 11) is -3.27. The van der Waals surface area contributed by atoms with Crippen molar-refractivity contribution < 1.29 is 26.3 Å². The fourth-order valence-electron chi connectivity index (χ4n) is 4.43. The quantitative estimate of drug-likeness (QED) is 0.451. The maximum Gasteiger partial charge on any atom is 0.416 e. The van der Waals surface area contributed by atoms with E-state index in [2.05, 4.69) is 20.3 Å². The maximum absolute atomic E-state index is 13.0. The highest BCUT2D eigenvalue weighted by Gasteiger charge is 2.31. The molecule has 0 amide bonds. The van der Waals surface area contributed by atoms with Crippen LogP contribution in [0.3, 0.4) is 0 Å². The number of aromatic nitrogens is 3. The van der Waals surface area contributed by atoms with E-state index in [4.69, 9.17) is 16.3 Å². The van der Waals surface area contributed by atoms with Crippen molar-refractivity contribution in [3.8, 4) is 6.01 Å². The van der Waals surface area contributed by atoms with Crippen LogP contribution in [0.2, 0.25) is 5.02 Å². The summed E-state index contributed by atoms with van der Waals surface area (Å²) in [6, 6.07) is 8.17. The summed E-state index contributed by atoms with van der Waals surface area (Å²) < 4.78 is 70.2. The molecule has 0 aliphatic carbocycles. The van der Waals surface area contributed by atoms with Gasteiger partial charge in [0.1, 0.15) is 18.2 Å². The Morgan fingerprint density at radius 3 is 2.58 bits per heavy atom. The Kier molecular flexibility index (Phi) is 7.34. The Morgan fingerprint density at radius 2 is 1.89 bits per heavy atom. The molecule has 38 heavy (non-hydrogen) atoms. The molecular weight excluding hydrogens is 545 g/mol. The second kappa shape index (κ2) is 10.5. The summed E-state index contributed by atoms with van der Waals surface area (Å²) in [6.45, 7) is 1.58. The molecule has 2 aliphatic rings. The first-order chi connectivity index (χ1) is 18.1. The van der Waals surface area contributed by atoms with Crippen LogP contribution < -0.4 is 15.0 Å². The smallest absolute Gasteiger partial charge is 0.416 e. The van der Waals surface area contributed by atoms with Crippen molar-refractivity contribution in [2.45, 2.75) is 25.6 Å². The van der Waals surface area contributed by atoms with Gasteiger partial charge in [-0.1, -0.05) is 11.6 Å². The number of benzene rings is 1. The SMILES string of the molecule is O=S1(=O)CCCN1CCOc1nc2c(c(Nc3ccc(C(F)(F)F)cc3)n1)CCN(c1ncccc1Cl)C2. The van der Waals surface area contributed by atoms with Gasteiger partial charge in [-0.25, -0.2) is 13.4 Å². The van der Waals surface area contributed by atoms with Crippen molar-refractivity contribution in [1.29, 1.82) is 0 Å². The third-order valence-electron chi connectivity index (χ3n) is 6.33. The van der Waals surface area contributed by atoms with Crippen LogP contribution in [0, 0.1) is 0 Å². The summed E-state index contributed by atoms with van der Waals surface area (Å²) in [5.41, 5.74) is 1.11. The summed E-state index contributed by atoms with van der Waals surface area (Å²) >= 11 is 6.35. The number of nitrogens with one attached hydrogen (secondary N) is 1. The van der Waals surface area contributed by atoms with Crippen molar-refractivity contribution in [2.24, 2.45) is 0 Å². The van der Waals surface area contributed by atoms with Gasteiger partial charge < -0.3 is 15.0 Å². The van der Waals surface area contributed by atoms with Gasteiger partial charge in [0.05, 0.1) is 28.6 Å². The molecule has 2 aromatic heterocycles. The van der Waals surface area contributed by atoms with Gasteiger partial charge in [-0.3, -0.25) is 0 Å². The van der Waals surface area contributed by atoms with Crippen LogP contribution in [0.4, 0.5) is 30.5 Å². The molecule has 0 radical (unpaired) electrons. The summed E-state index contributed by atoms with van der Waals surface area (Å²) in [5.74, 6) is 1.14. The molecule has 9 nitrogen and oxygen atoms in total. The van der Waals surface area contributed by atoms with Gasteiger partial charge in [-0.05, 0) is 49.2 Å². The lowest BCUT2D eigenvalue weighted by Crippen LogP contribution is -2.33. The number of pyridine rings is 1. The minimum atomic E-state index is -4.44. The van der Waals surface area contributed by atoms with E-state index in [9.17, 15) is 21.6 Å². The molecule has 2 aliphatic heterocycles. The number of ether oxygens (including phenoxy) is 1. The van der Waals surface area contributed by atoms with E-state index in [0.717, 1.165) is 17.7 Å². The van der Waals surface area contributed by atoms with Gasteiger partial charge >= 0.3 is 12.2 Å². The van der Waals surface area contributed by atoms with Gasteiger partial charge in [-0.15, -0.1) is 0 Å². The molecule has 14 heteroatoms. The molecule has 0 unspecified atom stereocenters. The first-order valence-corrected chi connectivity index (χ1v) is 13.9. The lowest BCUT2D eigenvalue weighted by molar-refractivity contribution is -0.137. The van der Waals surface area contributed by atoms with Crippen LogP contribution in [0.25, 0.3) is 0 Å². The number of hydrogen-bond donors (Lipinski definition) is 1. The van der Waals surface area contributed by atoms with E-state index in [0.29, 0.717) is 60.5 Å². The van der Waals surface area contributed by atoms with Gasteiger partial charge in [0, 0.05) is 37.1 Å². The summed E-state index contributed by atoms with van der Waals surface area (Å²) in [4.78, 5) is 15.4. The molecule has 0 atom stereocenters. The van der Waals surface area contributed by atoms with Crippen molar-refractivity contribution in [3.05, 3.63) is 64.4 Å². The predicted molar refractivity (Wildman–Crippen MR) is 136 cm³/mol. The third-order valence-corrected chi connectivity index (χ3v) is 8.58. The predicted octanol–water partition coefficient (Wildman–Crippen LogP) is 4.26. The Morgan fingerprint density at radius 1 is 1.11 bits per heavy atom. The molecule has 1 N–H and O–H groups in total. The Bertz CT molecular complexity index is 1420. The zero-order valence-electron chi connectivity index (χ0n) is 20.1. The molecule has 0 bridgehead atoms. The average molecular weight is 569 g/mol. The third kappa shape index (κ3) is 5.79. The van der Waals surface area contributed by atoms with Crippen LogP contribution in [-0.2, 0) is 29.2 Å². The lowest BCUT2D eigenvalue weighted by atomic mass is 10.1. The van der Waals surface area contributed by atoms with Crippen molar-refractivity contribution >= 4 is 38.9 Å². The summed E-state index contributed by atoms with van der Waals surface area (Å²) in [5, 5.41) is 3.59. The fraction of sp³-hybridized carbons (Fsp3) is 0.375. The second-order valence-corrected chi connectivity index (χ2v) is 11.4. The number of fused-ring (bicyclic) bond motifs is 1. The average Bonchev–Trinajstić information content (AvgIpc) is 3.21. The highest BCUT2D eigenvalue weighted by Crippen LogP contribution is 2.34. The van der Waals surface area contributed by atoms with Gasteiger partial charge in [0.2, 0.25) is 10.0 Å². The van der Waals surface area contributed by atoms with Crippen molar-refractivity contribution in [2.75, 3.05) is 42.2 Å². The standard InChI is InChI=1S/C24H24ClF3N6O3S/c25-19-3-1-9-29-22(19)33-11-8-18-20(15-33)31-23(37-13-12-34-10-2-14-38(34,35)36)32-21(18)30-17-6-4-16(5-7-17)24(26,27)28/h1,3-7,9H,2,8,10-15H2,(H,30,31,32). The van der Waals surface area contributed by atoms with Gasteiger partial charge in [0.25, 0.3) is 0 Å². The van der Waals surface area contributed by atoms with E-state index in [-0.39, 0.29) is 24.9 Å². The summed E-state index contributed by atoms with van der Waals surface area (Å²) in [6.07, 6.45) is -1.69. The fourth-order valence-corrected chi connectivity index (χ4v) is 6.18. The Balaban J connectivity index is 1.40. The number of nitrogens with zero attached hydrogens (tertiary/aromatic N) is 5. The van der Waals surface area contributed by atoms with E-state index in [1.807, 2.05) is 4.90 Å². The number of alkyl halides is 3. The number of hydrogen-bond acceptors (Lipinski definition) is 8. The lowest BCUT2D eigenvalue weighted by Gasteiger charge is -2.30. The van der Waals surface area contributed by atoms with Crippen molar-refractivity contribution in [3.63, 3.8) is 0 Å². The number of sulfonamides is 1. The van der Waals surface area contributed by atoms with Gasteiger partial charge in [0.15, 0.2) is 0 Å². The molecule has 0 spiro atoms. The minimum absolute atomic E-state index is 0.0312. The molecule has 4 heterocycles. The topological polar surface area (TPSA) is 101 Å². The first kappa shape index (κ1) is 26.4. The van der Waals surface area contributed by atoms with E-state index >= 15 is 0 Å². The monoisotopic (exact) mass is 568 g/mol. The molecule has 5 rings (SSSR count). The van der Waals surface area contributed by atoms with Crippen LogP contribution >= 0.6 is 11.6 Å². The van der Waals surface area contributed by atoms with Crippen LogP contribution in [0.1, 0.15) is 23.2 Å². The van der Waals surface area contributed by atoms with E-state index in [1.54, 1.807) is 18.3 Å². The molecular formula is C24H24ClF3N6O3S. The normalized spacial score (nSPS) is 17.3. The van der Waals surface area contributed by atoms with Crippen LogP contribution in [0.15, 0.2) is 42.6 Å². The molecule has 202 valence electrons. The minimum Gasteiger partial charge on any atom is -0.462 e. The Labute approximate surface area is 222 Å². The van der Waals surface area contributed by atoms with E-state index in [1.165, 1.54) is 16.4 Å². The molecule has 1 aromatic carbocycles. The van der Waals surface area contributed by atoms with E-state index < -0.39 is 21.8 Å². The highest BCUT2D eigenvalue weighted by atomic mass is 35.5. The zero-order valence-corrected chi connectivity index (χ0v) is 21.7. The molecule has 0 saturated carbocycles. The number of anilines is 3. The number of rotatable bonds is 7. The molecule has 1 saturated heterocycles. The number of halogens is 4. The second-order valence-electron chi connectivity index (χ2n) is 8.88. The maximum atomic E-state index is 13.0. The first-order valence-electron chi connectivity index (χ1n) is 11.9. The Hall–Kier alpha value is -3.16. The zero-order chi connectivity index (χ0) is 26.9. The highest BCUT2D eigenvalue weighted by molar-refractivity contribution is 7.89. The van der Waals surface area contributed by atoms with Crippen LogP contribution in [-0.4, -0.2) is 59.7 Å².